The number of sulfone groups is 1. The van der Waals surface area contributed by atoms with Crippen LogP contribution in [0, 0.1) is 24.0 Å². The number of thiazole rings is 1. The molecule has 0 saturated carbocycles. The number of hydrogen-bond acceptors (Lipinski definition) is 12. The highest BCUT2D eigenvalue weighted by atomic mass is 32.2. The van der Waals surface area contributed by atoms with Gasteiger partial charge in [0.15, 0.2) is 27.0 Å². The summed E-state index contributed by atoms with van der Waals surface area (Å²) in [6.07, 6.45) is 13.7. The molecule has 9 rings (SSSR count). The fraction of sp³-hybridized carbons (Fsp3) is 0.448. The van der Waals surface area contributed by atoms with Crippen LogP contribution in [0.4, 0.5) is 20.3 Å². The van der Waals surface area contributed by atoms with Gasteiger partial charge in [-0.3, -0.25) is 24.0 Å². The van der Waals surface area contributed by atoms with E-state index in [1.807, 2.05) is 57.5 Å². The SMILES string of the molecule is Cc1ncsc1-c1ccc([C@]2(C)N=C([C@@H]3CCCN3C(=O)C(NC(=O)CCCCCCCCCCNC(=O)c3cc4c(cc3CS(C)(=O)=O)-c3cn(C)c(=O)c5[nH]cc(c35)CN4c3ncc(F)cc3F)C(C)(C)C)NC2=O)cc1. The molecule has 4 aromatic heterocycles. The third kappa shape index (κ3) is 12.1. The van der Waals surface area contributed by atoms with Gasteiger partial charge in [0.05, 0.1) is 46.3 Å². The van der Waals surface area contributed by atoms with Gasteiger partial charge >= 0.3 is 0 Å². The number of aliphatic imine (C=N–C) groups is 1. The molecular formula is C58H68F2N10O7S2. The van der Waals surface area contributed by atoms with Crippen LogP contribution in [0.3, 0.4) is 0 Å². The lowest BCUT2D eigenvalue weighted by molar-refractivity contribution is -0.139. The summed E-state index contributed by atoms with van der Waals surface area (Å²) < 4.78 is 56.7. The van der Waals surface area contributed by atoms with Crippen molar-refractivity contribution in [2.45, 2.75) is 135 Å². The molecule has 3 aliphatic rings. The summed E-state index contributed by atoms with van der Waals surface area (Å²) in [5, 5.41) is 9.58. The first-order valence-corrected chi connectivity index (χ1v) is 29.9. The number of anilines is 2. The van der Waals surface area contributed by atoms with Crippen molar-refractivity contribution in [1.29, 1.82) is 0 Å². The van der Waals surface area contributed by atoms with E-state index in [4.69, 9.17) is 4.99 Å². The van der Waals surface area contributed by atoms with Gasteiger partial charge in [0.1, 0.15) is 23.2 Å². The zero-order chi connectivity index (χ0) is 56.6. The third-order valence-corrected chi connectivity index (χ3v) is 17.1. The molecule has 3 aliphatic heterocycles. The fourth-order valence-electron chi connectivity index (χ4n) is 11.1. The number of rotatable bonds is 20. The summed E-state index contributed by atoms with van der Waals surface area (Å²) >= 11 is 1.56. The van der Waals surface area contributed by atoms with Crippen LogP contribution in [0.2, 0.25) is 0 Å². The summed E-state index contributed by atoms with van der Waals surface area (Å²) in [6, 6.07) is 10.4. The molecule has 0 spiro atoms. The molecule has 7 heterocycles. The van der Waals surface area contributed by atoms with Crippen molar-refractivity contribution in [3.05, 3.63) is 117 Å². The van der Waals surface area contributed by atoms with Gasteiger partial charge < -0.3 is 35.3 Å². The predicted octanol–water partition coefficient (Wildman–Crippen LogP) is 9.04. The second-order valence-corrected chi connectivity index (χ2v) is 25.4. The van der Waals surface area contributed by atoms with Crippen LogP contribution in [0.15, 0.2) is 76.4 Å². The summed E-state index contributed by atoms with van der Waals surface area (Å²) in [5.41, 5.74) is 5.04. The molecule has 4 N–H and O–H groups in total. The Hall–Kier alpha value is -7.13. The molecule has 21 heteroatoms. The molecule has 17 nitrogen and oxygen atoms in total. The Morgan fingerprint density at radius 1 is 0.962 bits per heavy atom. The van der Waals surface area contributed by atoms with Crippen LogP contribution in [0.25, 0.3) is 32.5 Å². The Bertz CT molecular complexity index is 3550. The Labute approximate surface area is 462 Å². The molecular weight excluding hydrogens is 1050 g/mol. The molecule has 1 fully saturated rings. The van der Waals surface area contributed by atoms with Crippen molar-refractivity contribution in [3.8, 4) is 21.6 Å². The van der Waals surface area contributed by atoms with E-state index in [1.54, 1.807) is 48.7 Å². The fourth-order valence-corrected chi connectivity index (χ4v) is 12.7. The number of aromatic nitrogens is 4. The van der Waals surface area contributed by atoms with Gasteiger partial charge in [-0.1, -0.05) is 83.6 Å². The largest absolute Gasteiger partial charge is 0.356 e. The molecule has 4 amide bonds. The quantitative estimate of drug-likeness (QED) is 0.0531. The second-order valence-electron chi connectivity index (χ2n) is 22.4. The molecule has 1 unspecified atom stereocenters. The van der Waals surface area contributed by atoms with Gasteiger partial charge in [-0.2, -0.15) is 0 Å². The molecule has 3 atom stereocenters. The summed E-state index contributed by atoms with van der Waals surface area (Å²) in [5.74, 6) is -3.17. The van der Waals surface area contributed by atoms with Gasteiger partial charge in [0, 0.05) is 73.4 Å². The predicted molar refractivity (Wildman–Crippen MR) is 303 cm³/mol. The van der Waals surface area contributed by atoms with Crippen LogP contribution < -0.4 is 26.4 Å². The maximum absolute atomic E-state index is 15.6. The van der Waals surface area contributed by atoms with Crippen molar-refractivity contribution in [1.82, 2.24) is 40.4 Å². The van der Waals surface area contributed by atoms with E-state index in [-0.39, 0.29) is 53.2 Å². The first-order valence-electron chi connectivity index (χ1n) is 27.0. The normalized spacial score (nSPS) is 17.6. The smallest absolute Gasteiger partial charge is 0.274 e. The number of nitrogens with zero attached hydrogens (tertiary/aromatic N) is 6. The van der Waals surface area contributed by atoms with Crippen molar-refractivity contribution >= 4 is 73.0 Å². The van der Waals surface area contributed by atoms with E-state index in [0.717, 1.165) is 79.1 Å². The molecule has 1 saturated heterocycles. The van der Waals surface area contributed by atoms with Gasteiger partial charge in [0.2, 0.25) is 11.8 Å². The van der Waals surface area contributed by atoms with Crippen LogP contribution >= 0.6 is 11.3 Å². The monoisotopic (exact) mass is 1120 g/mol. The van der Waals surface area contributed by atoms with Crippen molar-refractivity contribution in [2.75, 3.05) is 24.2 Å². The van der Waals surface area contributed by atoms with Gasteiger partial charge in [0.25, 0.3) is 17.4 Å². The molecule has 0 aliphatic carbocycles. The minimum Gasteiger partial charge on any atom is -0.356 e. The number of fused-ring (bicyclic) bond motifs is 2. The number of nitrogens with one attached hydrogen (secondary N) is 4. The zero-order valence-corrected chi connectivity index (χ0v) is 47.4. The number of pyridine rings is 2. The average molecular weight is 1120 g/mol. The first-order chi connectivity index (χ1) is 37.5. The number of halogens is 2. The van der Waals surface area contributed by atoms with E-state index in [2.05, 4.69) is 30.9 Å². The number of hydrogen-bond donors (Lipinski definition) is 4. The van der Waals surface area contributed by atoms with Crippen LogP contribution in [0.1, 0.15) is 131 Å². The standard InChI is InChI=1S/C58H68F2N10O7S2/c1-34-49(78-33-64-34)35-19-21-38(22-20-35)58(5)56(75)66-51(67-58)44-17-16-24-69(44)55(74)50(57(2,3)4)65-46(71)18-14-12-10-8-9-11-13-15-23-61-53(72)40-27-45-41(25-36(40)32-79(7,76)77)42-31-68(6)54(73)48-47(42)37(28-62-48)30-70(45)52-43(60)26-39(59)29-63-52/h19-22,25-29,31,33,44,50,62H,8-18,23-24,30,32H2,1-7H3,(H,61,72)(H,65,71)(H,66,67,75)/t44-,50?,58-/m0/s1. The molecule has 418 valence electrons. The number of carbonyl (C=O) groups is 4. The van der Waals surface area contributed by atoms with E-state index in [1.165, 1.54) is 15.5 Å². The molecule has 0 radical (unpaired) electrons. The minimum atomic E-state index is -3.66. The highest BCUT2D eigenvalue weighted by Crippen LogP contribution is 2.45. The zero-order valence-electron chi connectivity index (χ0n) is 45.7. The maximum atomic E-state index is 15.6. The van der Waals surface area contributed by atoms with E-state index >= 15 is 4.39 Å². The van der Waals surface area contributed by atoms with Gasteiger partial charge in [-0.25, -0.2) is 32.2 Å². The van der Waals surface area contributed by atoms with Crippen LogP contribution in [0.5, 0.6) is 0 Å². The molecule has 2 aromatic carbocycles. The molecule has 79 heavy (non-hydrogen) atoms. The lowest BCUT2D eigenvalue weighted by atomic mass is 9.85. The lowest BCUT2D eigenvalue weighted by Crippen LogP contribution is -2.57. The number of carbonyl (C=O) groups excluding carboxylic acids is 4. The second kappa shape index (κ2) is 22.9. The minimum absolute atomic E-state index is 0.000532. The Morgan fingerprint density at radius 2 is 1.67 bits per heavy atom. The highest BCUT2D eigenvalue weighted by molar-refractivity contribution is 7.89. The number of aryl methyl sites for hydroxylation is 2. The van der Waals surface area contributed by atoms with Gasteiger partial charge in [-0.05, 0) is 79.3 Å². The summed E-state index contributed by atoms with van der Waals surface area (Å²) in [6.45, 7) is 10.4. The van der Waals surface area contributed by atoms with Crippen molar-refractivity contribution in [3.63, 3.8) is 0 Å². The molecule has 6 aromatic rings. The van der Waals surface area contributed by atoms with E-state index in [9.17, 15) is 36.8 Å². The maximum Gasteiger partial charge on any atom is 0.274 e. The molecule has 0 bridgehead atoms. The van der Waals surface area contributed by atoms with E-state index in [0.29, 0.717) is 77.5 Å². The Kier molecular flexibility index (Phi) is 16.4. The number of amides is 4. The highest BCUT2D eigenvalue weighted by Gasteiger charge is 2.47. The number of likely N-dealkylation sites (tertiary alicyclic amines) is 1. The third-order valence-electron chi connectivity index (χ3n) is 15.3. The summed E-state index contributed by atoms with van der Waals surface area (Å²) in [7, 11) is -2.08. The number of amidine groups is 1. The van der Waals surface area contributed by atoms with Crippen molar-refractivity contribution < 1.29 is 36.4 Å². The van der Waals surface area contributed by atoms with Crippen LogP contribution in [-0.2, 0) is 49.1 Å². The number of unbranched alkanes of at least 4 members (excludes halogenated alkanes) is 7. The van der Waals surface area contributed by atoms with Gasteiger partial charge in [-0.15, -0.1) is 11.3 Å². The first kappa shape index (κ1) is 56.6. The number of benzene rings is 2. The van der Waals surface area contributed by atoms with Crippen molar-refractivity contribution in [2.24, 2.45) is 17.5 Å². The lowest BCUT2D eigenvalue weighted by Gasteiger charge is -2.35. The number of H-pyrrole nitrogens is 1. The topological polar surface area (TPSA) is 221 Å². The number of aromatic amines is 1. The van der Waals surface area contributed by atoms with Crippen LogP contribution in [-0.4, -0.2) is 93.7 Å². The summed E-state index contributed by atoms with van der Waals surface area (Å²) in [4.78, 5) is 89.3. The Morgan fingerprint density at radius 3 is 2.34 bits per heavy atom. The Balaban J connectivity index is 0.747. The average Bonchev–Trinajstić information content (AvgIpc) is 4.21. The van der Waals surface area contributed by atoms with E-state index < -0.39 is 56.2 Å².